The number of ether oxygens (including phenoxy) is 4. The number of rotatable bonds is 5. The molecule has 1 saturated heterocycles. The Morgan fingerprint density at radius 2 is 1.84 bits per heavy atom. The van der Waals surface area contributed by atoms with Crippen molar-refractivity contribution < 1.29 is 39.4 Å². The third kappa shape index (κ3) is 3.91. The second-order valence-corrected chi connectivity index (χ2v) is 7.87. The van der Waals surface area contributed by atoms with Gasteiger partial charge in [0.25, 0.3) is 0 Å². The summed E-state index contributed by atoms with van der Waals surface area (Å²) in [6.45, 7) is 3.75. The summed E-state index contributed by atoms with van der Waals surface area (Å²) in [5, 5.41) is 40.9. The fraction of sp³-hybridized carbons (Fsp3) is 0.478. The Kier molecular flexibility index (Phi) is 6.20. The van der Waals surface area contributed by atoms with Crippen LogP contribution in [0.15, 0.2) is 36.4 Å². The van der Waals surface area contributed by atoms with Crippen LogP contribution in [0.5, 0.6) is 11.5 Å². The lowest BCUT2D eigenvalue weighted by atomic mass is 9.85. The molecule has 8 heteroatoms. The highest BCUT2D eigenvalue weighted by Gasteiger charge is 2.58. The largest absolute Gasteiger partial charge is 0.494 e. The molecule has 8 nitrogen and oxygen atoms in total. The summed E-state index contributed by atoms with van der Waals surface area (Å²) in [6.07, 6.45) is -5.11. The van der Waals surface area contributed by atoms with Gasteiger partial charge in [-0.15, -0.1) is 0 Å². The van der Waals surface area contributed by atoms with E-state index in [2.05, 4.69) is 0 Å². The Labute approximate surface area is 180 Å². The number of fused-ring (bicyclic) bond motifs is 2. The van der Waals surface area contributed by atoms with Gasteiger partial charge in [0.2, 0.25) is 5.79 Å². The van der Waals surface area contributed by atoms with Gasteiger partial charge < -0.3 is 39.4 Å². The molecular weight excluding hydrogens is 404 g/mol. The Bertz CT molecular complexity index is 913. The highest BCUT2D eigenvalue weighted by molar-refractivity contribution is 5.48. The SMILES string of the molecule is CCOc1ccc(Cc2cc3c(cc2C)OCOC32O[C@H](CO)[C@@H](O)[C@H](O)[C@H]2O)cc1. The van der Waals surface area contributed by atoms with Gasteiger partial charge >= 0.3 is 0 Å². The molecule has 4 N–H and O–H groups in total. The van der Waals surface area contributed by atoms with Gasteiger partial charge in [-0.25, -0.2) is 0 Å². The topological polar surface area (TPSA) is 118 Å². The maximum absolute atomic E-state index is 10.8. The molecule has 1 unspecified atom stereocenters. The van der Waals surface area contributed by atoms with Crippen LogP contribution in [0.25, 0.3) is 0 Å². The molecule has 0 aromatic heterocycles. The van der Waals surface area contributed by atoms with Crippen LogP contribution >= 0.6 is 0 Å². The van der Waals surface area contributed by atoms with E-state index in [-0.39, 0.29) is 6.79 Å². The van der Waals surface area contributed by atoms with Gasteiger partial charge in [0.05, 0.1) is 18.8 Å². The second kappa shape index (κ2) is 8.74. The predicted molar refractivity (Wildman–Crippen MR) is 110 cm³/mol. The van der Waals surface area contributed by atoms with Gasteiger partial charge in [-0.1, -0.05) is 12.1 Å². The maximum atomic E-state index is 10.8. The van der Waals surface area contributed by atoms with Crippen molar-refractivity contribution in [2.24, 2.45) is 0 Å². The van der Waals surface area contributed by atoms with E-state index in [4.69, 9.17) is 18.9 Å². The number of hydrogen-bond donors (Lipinski definition) is 4. The van der Waals surface area contributed by atoms with Crippen LogP contribution in [0.2, 0.25) is 0 Å². The molecule has 168 valence electrons. The third-order valence-electron chi connectivity index (χ3n) is 5.88. The molecule has 0 saturated carbocycles. The molecule has 2 aliphatic rings. The third-order valence-corrected chi connectivity index (χ3v) is 5.88. The summed E-state index contributed by atoms with van der Waals surface area (Å²) in [7, 11) is 0. The van der Waals surface area contributed by atoms with Crippen molar-refractivity contribution in [2.75, 3.05) is 20.0 Å². The molecule has 2 heterocycles. The average molecular weight is 432 g/mol. The predicted octanol–water partition coefficient (Wildman–Crippen LogP) is 0.978. The summed E-state index contributed by atoms with van der Waals surface area (Å²) in [4.78, 5) is 0. The standard InChI is InChI=1S/C23H28O8/c1-3-28-16-6-4-14(5-7-16)9-15-10-17-18(8-13(15)2)29-12-30-23(17)22(27)21(26)20(25)19(11-24)31-23/h4-8,10,19-22,24-27H,3,9,11-12H2,1-2H3/t19-,20-,21+,22-,23?/m1/s1. The molecule has 1 fully saturated rings. The Hall–Kier alpha value is -2.20. The molecule has 5 atom stereocenters. The first kappa shape index (κ1) is 22.0. The summed E-state index contributed by atoms with van der Waals surface area (Å²) < 4.78 is 22.7. The van der Waals surface area contributed by atoms with Gasteiger partial charge in [-0.2, -0.15) is 0 Å². The number of benzene rings is 2. The normalized spacial score (nSPS) is 30.0. The Morgan fingerprint density at radius 1 is 1.10 bits per heavy atom. The molecule has 2 aliphatic heterocycles. The van der Waals surface area contributed by atoms with Gasteiger partial charge in [0.1, 0.15) is 35.9 Å². The van der Waals surface area contributed by atoms with Crippen LogP contribution in [0.3, 0.4) is 0 Å². The van der Waals surface area contributed by atoms with Crippen LogP contribution in [0.4, 0.5) is 0 Å². The van der Waals surface area contributed by atoms with Crippen LogP contribution < -0.4 is 9.47 Å². The quantitative estimate of drug-likeness (QED) is 0.552. The van der Waals surface area contributed by atoms with Crippen LogP contribution in [-0.2, 0) is 21.7 Å². The lowest BCUT2D eigenvalue weighted by Crippen LogP contribution is -2.65. The van der Waals surface area contributed by atoms with Crippen LogP contribution in [0, 0.1) is 6.92 Å². The molecule has 0 bridgehead atoms. The van der Waals surface area contributed by atoms with Gasteiger partial charge in [-0.05, 0) is 61.2 Å². The number of aryl methyl sites for hydroxylation is 1. The van der Waals surface area contributed by atoms with Crippen molar-refractivity contribution >= 4 is 0 Å². The van der Waals surface area contributed by atoms with Gasteiger partial charge in [0, 0.05) is 0 Å². The van der Waals surface area contributed by atoms with Crippen LogP contribution in [0.1, 0.15) is 29.2 Å². The maximum Gasteiger partial charge on any atom is 0.231 e. The Balaban J connectivity index is 1.71. The van der Waals surface area contributed by atoms with E-state index >= 15 is 0 Å². The molecule has 0 radical (unpaired) electrons. The first-order valence-corrected chi connectivity index (χ1v) is 10.3. The van der Waals surface area contributed by atoms with E-state index in [1.54, 1.807) is 0 Å². The van der Waals surface area contributed by atoms with E-state index in [1.807, 2.05) is 50.2 Å². The van der Waals surface area contributed by atoms with Crippen LogP contribution in [-0.4, -0.2) is 64.8 Å². The van der Waals surface area contributed by atoms with Crippen molar-refractivity contribution in [3.63, 3.8) is 0 Å². The highest BCUT2D eigenvalue weighted by Crippen LogP contribution is 2.46. The van der Waals surface area contributed by atoms with Crippen molar-refractivity contribution in [2.45, 2.75) is 50.5 Å². The zero-order chi connectivity index (χ0) is 22.2. The van der Waals surface area contributed by atoms with Crippen molar-refractivity contribution in [3.05, 3.63) is 58.7 Å². The average Bonchev–Trinajstić information content (AvgIpc) is 2.77. The first-order chi connectivity index (χ1) is 14.9. The van der Waals surface area contributed by atoms with Crippen molar-refractivity contribution in [1.29, 1.82) is 0 Å². The summed E-state index contributed by atoms with van der Waals surface area (Å²) in [5.41, 5.74) is 3.40. The summed E-state index contributed by atoms with van der Waals surface area (Å²) in [6, 6.07) is 11.5. The summed E-state index contributed by atoms with van der Waals surface area (Å²) >= 11 is 0. The van der Waals surface area contributed by atoms with Gasteiger partial charge in [0.15, 0.2) is 6.79 Å². The minimum absolute atomic E-state index is 0.206. The highest BCUT2D eigenvalue weighted by atomic mass is 16.8. The minimum atomic E-state index is -1.76. The molecule has 2 aromatic rings. The van der Waals surface area contributed by atoms with Gasteiger partial charge in [-0.3, -0.25) is 0 Å². The first-order valence-electron chi connectivity index (χ1n) is 10.3. The molecule has 1 spiro atoms. The molecule has 2 aromatic carbocycles. The number of hydrogen-bond acceptors (Lipinski definition) is 8. The minimum Gasteiger partial charge on any atom is -0.494 e. The van der Waals surface area contributed by atoms with Crippen molar-refractivity contribution in [3.8, 4) is 11.5 Å². The molecule has 0 amide bonds. The van der Waals surface area contributed by atoms with E-state index in [1.165, 1.54) is 0 Å². The molecule has 0 aliphatic carbocycles. The Morgan fingerprint density at radius 3 is 2.52 bits per heavy atom. The fourth-order valence-electron chi connectivity index (χ4n) is 4.14. The second-order valence-electron chi connectivity index (χ2n) is 7.87. The van der Waals surface area contributed by atoms with Crippen molar-refractivity contribution in [1.82, 2.24) is 0 Å². The smallest absolute Gasteiger partial charge is 0.231 e. The van der Waals surface area contributed by atoms with E-state index in [9.17, 15) is 20.4 Å². The zero-order valence-electron chi connectivity index (χ0n) is 17.5. The molecule has 4 rings (SSSR count). The number of aliphatic hydroxyl groups is 4. The van der Waals surface area contributed by atoms with E-state index in [0.717, 1.165) is 22.4 Å². The number of aliphatic hydroxyl groups excluding tert-OH is 4. The van der Waals surface area contributed by atoms with E-state index < -0.39 is 36.8 Å². The fourth-order valence-corrected chi connectivity index (χ4v) is 4.14. The summed E-state index contributed by atoms with van der Waals surface area (Å²) in [5.74, 6) is -0.505. The lowest BCUT2D eigenvalue weighted by Gasteiger charge is -2.49. The molecule has 31 heavy (non-hydrogen) atoms. The zero-order valence-corrected chi connectivity index (χ0v) is 17.5. The monoisotopic (exact) mass is 432 g/mol. The lowest BCUT2D eigenvalue weighted by molar-refractivity contribution is -0.389. The van der Waals surface area contributed by atoms with E-state index in [0.29, 0.717) is 24.3 Å². The molecular formula is C23H28O8.